The van der Waals surface area contributed by atoms with Crippen LogP contribution in [0.25, 0.3) is 6.08 Å². The third-order valence-electron chi connectivity index (χ3n) is 7.60. The lowest BCUT2D eigenvalue weighted by atomic mass is 9.84. The predicted molar refractivity (Wildman–Crippen MR) is 160 cm³/mol. The molecule has 2 aromatic carbocycles. The van der Waals surface area contributed by atoms with E-state index in [0.717, 1.165) is 40.8 Å². The van der Waals surface area contributed by atoms with Gasteiger partial charge in [0.05, 0.1) is 40.3 Å². The molecular formula is C30H34N8O3S. The zero-order chi connectivity index (χ0) is 30.3. The summed E-state index contributed by atoms with van der Waals surface area (Å²) in [7, 11) is -0.580. The second-order valence-electron chi connectivity index (χ2n) is 10.5. The van der Waals surface area contributed by atoms with Crippen molar-refractivity contribution in [2.45, 2.75) is 43.2 Å². The van der Waals surface area contributed by atoms with Crippen LogP contribution in [0.4, 0.5) is 11.5 Å². The van der Waals surface area contributed by atoms with Gasteiger partial charge in [-0.1, -0.05) is 12.1 Å². The number of sulfonamides is 1. The standard InChI is InChI=1S/C30H34N8O3S/c1-23-28(12-17-33-22-39)38(35-29(23)34-26-8-10-27(11-9-26)42(40,41)36(2)3)30(13-16-31)14-18-37(19-15-30)21-25-6-4-24(20-32)5-7-25/h4-12,17,22H,13-15,18-19,21H2,1-3H3,(H,33,39)(H,34,35)/b17-12-. The largest absolute Gasteiger partial charge is 0.339 e. The summed E-state index contributed by atoms with van der Waals surface area (Å²) in [5, 5.41) is 29.7. The maximum atomic E-state index is 12.5. The zero-order valence-electron chi connectivity index (χ0n) is 23.9. The molecule has 0 atom stereocenters. The second-order valence-corrected chi connectivity index (χ2v) is 12.6. The van der Waals surface area contributed by atoms with E-state index in [-0.39, 0.29) is 11.3 Å². The van der Waals surface area contributed by atoms with Crippen LogP contribution in [-0.2, 0) is 26.9 Å². The number of likely N-dealkylation sites (tertiary alicyclic amines) is 1. The van der Waals surface area contributed by atoms with E-state index in [9.17, 15) is 18.5 Å². The molecule has 0 aliphatic carbocycles. The first kappa shape index (κ1) is 30.5. The Labute approximate surface area is 246 Å². The fraction of sp³-hybridized carbons (Fsp3) is 0.333. The fourth-order valence-corrected chi connectivity index (χ4v) is 5.99. The summed E-state index contributed by atoms with van der Waals surface area (Å²) in [5.74, 6) is 0.571. The topological polar surface area (TPSA) is 147 Å². The highest BCUT2D eigenvalue weighted by Gasteiger charge is 2.39. The monoisotopic (exact) mass is 586 g/mol. The van der Waals surface area contributed by atoms with Gasteiger partial charge in [-0.15, -0.1) is 0 Å². The van der Waals surface area contributed by atoms with Gasteiger partial charge < -0.3 is 10.6 Å². The Morgan fingerprint density at radius 2 is 1.74 bits per heavy atom. The first-order valence-electron chi connectivity index (χ1n) is 13.5. The molecule has 4 rings (SSSR count). The average Bonchev–Trinajstić information content (AvgIpc) is 3.30. The molecule has 0 saturated carbocycles. The number of aromatic nitrogens is 2. The molecule has 1 aliphatic rings. The minimum absolute atomic E-state index is 0.185. The zero-order valence-corrected chi connectivity index (χ0v) is 24.7. The smallest absolute Gasteiger partial charge is 0.242 e. The van der Waals surface area contributed by atoms with Crippen LogP contribution < -0.4 is 10.6 Å². The number of hydrogen-bond donors (Lipinski definition) is 2. The molecule has 1 fully saturated rings. The van der Waals surface area contributed by atoms with Crippen molar-refractivity contribution in [1.82, 2.24) is 24.3 Å². The number of carbonyl (C=O) groups excluding carboxylic acids is 1. The molecule has 1 aliphatic heterocycles. The quantitative estimate of drug-likeness (QED) is 0.324. The van der Waals surface area contributed by atoms with E-state index in [4.69, 9.17) is 10.4 Å². The number of nitrogens with one attached hydrogen (secondary N) is 2. The summed E-state index contributed by atoms with van der Waals surface area (Å²) in [6.07, 6.45) is 5.54. The highest BCUT2D eigenvalue weighted by atomic mass is 32.2. The van der Waals surface area contributed by atoms with Crippen LogP contribution >= 0.6 is 0 Å². The Balaban J connectivity index is 1.62. The van der Waals surface area contributed by atoms with Gasteiger partial charge in [0.1, 0.15) is 0 Å². The number of piperidine rings is 1. The molecule has 1 saturated heterocycles. The van der Waals surface area contributed by atoms with Crippen molar-refractivity contribution >= 4 is 34.0 Å². The normalized spacial score (nSPS) is 15.3. The van der Waals surface area contributed by atoms with Crippen LogP contribution in [-0.4, -0.2) is 61.0 Å². The molecule has 0 bridgehead atoms. The van der Waals surface area contributed by atoms with Gasteiger partial charge in [-0.2, -0.15) is 15.6 Å². The molecule has 0 radical (unpaired) electrons. The Morgan fingerprint density at radius 1 is 1.07 bits per heavy atom. The Kier molecular flexibility index (Phi) is 9.43. The van der Waals surface area contributed by atoms with Crippen molar-refractivity contribution in [3.63, 3.8) is 0 Å². The Bertz CT molecular complexity index is 1620. The number of anilines is 2. The van der Waals surface area contributed by atoms with Crippen molar-refractivity contribution in [1.29, 1.82) is 10.5 Å². The second kappa shape index (κ2) is 13.0. The Morgan fingerprint density at radius 3 is 2.31 bits per heavy atom. The van der Waals surface area contributed by atoms with E-state index >= 15 is 0 Å². The molecule has 218 valence electrons. The third-order valence-corrected chi connectivity index (χ3v) is 9.43. The van der Waals surface area contributed by atoms with Crippen molar-refractivity contribution in [2.24, 2.45) is 0 Å². The van der Waals surface area contributed by atoms with E-state index in [1.165, 1.54) is 20.3 Å². The summed E-state index contributed by atoms with van der Waals surface area (Å²) < 4.78 is 28.0. The van der Waals surface area contributed by atoms with Crippen molar-refractivity contribution < 1.29 is 13.2 Å². The van der Waals surface area contributed by atoms with Gasteiger partial charge in [0, 0.05) is 51.2 Å². The molecule has 42 heavy (non-hydrogen) atoms. The summed E-state index contributed by atoms with van der Waals surface area (Å²) >= 11 is 0. The minimum Gasteiger partial charge on any atom is -0.339 e. The van der Waals surface area contributed by atoms with Crippen LogP contribution in [0.5, 0.6) is 0 Å². The van der Waals surface area contributed by atoms with E-state index in [0.29, 0.717) is 36.3 Å². The van der Waals surface area contributed by atoms with E-state index in [2.05, 4.69) is 27.7 Å². The highest BCUT2D eigenvalue weighted by molar-refractivity contribution is 7.89. The maximum absolute atomic E-state index is 12.5. The van der Waals surface area contributed by atoms with Gasteiger partial charge in [-0.05, 0) is 67.8 Å². The van der Waals surface area contributed by atoms with Crippen LogP contribution in [0.2, 0.25) is 0 Å². The summed E-state index contributed by atoms with van der Waals surface area (Å²) in [4.78, 5) is 13.5. The van der Waals surface area contributed by atoms with E-state index in [1.807, 2.05) is 35.9 Å². The summed E-state index contributed by atoms with van der Waals surface area (Å²) in [6.45, 7) is 4.16. The molecule has 2 heterocycles. The van der Waals surface area contributed by atoms with Gasteiger partial charge in [0.15, 0.2) is 5.82 Å². The molecule has 11 nitrogen and oxygen atoms in total. The number of benzene rings is 2. The Hall–Kier alpha value is -4.49. The summed E-state index contributed by atoms with van der Waals surface area (Å²) in [6, 6.07) is 18.5. The lowest BCUT2D eigenvalue weighted by Crippen LogP contribution is -2.46. The number of rotatable bonds is 11. The van der Waals surface area contributed by atoms with Gasteiger partial charge in [-0.25, -0.2) is 12.7 Å². The highest BCUT2D eigenvalue weighted by Crippen LogP contribution is 2.38. The fourth-order valence-electron chi connectivity index (χ4n) is 5.09. The minimum atomic E-state index is -3.55. The first-order valence-corrected chi connectivity index (χ1v) is 14.9. The van der Waals surface area contributed by atoms with E-state index < -0.39 is 15.6 Å². The first-order chi connectivity index (χ1) is 20.1. The number of nitrogens with zero attached hydrogens (tertiary/aromatic N) is 6. The molecule has 1 amide bonds. The third kappa shape index (κ3) is 6.52. The van der Waals surface area contributed by atoms with Gasteiger partial charge in [0.25, 0.3) is 0 Å². The lowest BCUT2D eigenvalue weighted by molar-refractivity contribution is -0.108. The van der Waals surface area contributed by atoms with Crippen LogP contribution in [0, 0.1) is 29.6 Å². The molecule has 3 aromatic rings. The van der Waals surface area contributed by atoms with Crippen molar-refractivity contribution in [3.05, 3.63) is 77.1 Å². The number of nitriles is 2. The molecular weight excluding hydrogens is 552 g/mol. The SMILES string of the molecule is Cc1c(Nc2ccc(S(=O)(=O)N(C)C)cc2)nn(C2(CC#N)CCN(Cc3ccc(C#N)cc3)CC2)c1/C=C\NC=O. The van der Waals surface area contributed by atoms with Gasteiger partial charge in [0.2, 0.25) is 16.4 Å². The van der Waals surface area contributed by atoms with Crippen LogP contribution in [0.3, 0.4) is 0 Å². The number of hydrogen-bond acceptors (Lipinski definition) is 8. The molecule has 0 spiro atoms. The predicted octanol–water partition coefficient (Wildman–Crippen LogP) is 3.68. The molecule has 12 heteroatoms. The molecule has 1 aromatic heterocycles. The van der Waals surface area contributed by atoms with E-state index in [1.54, 1.807) is 30.3 Å². The maximum Gasteiger partial charge on any atom is 0.242 e. The lowest BCUT2D eigenvalue weighted by Gasteiger charge is -2.41. The summed E-state index contributed by atoms with van der Waals surface area (Å²) in [5.41, 5.74) is 3.43. The van der Waals surface area contributed by atoms with Crippen molar-refractivity contribution in [3.8, 4) is 12.1 Å². The number of carbonyl (C=O) groups is 1. The van der Waals surface area contributed by atoms with Gasteiger partial charge in [-0.3, -0.25) is 14.4 Å². The van der Waals surface area contributed by atoms with Crippen molar-refractivity contribution in [2.75, 3.05) is 32.5 Å². The van der Waals surface area contributed by atoms with Gasteiger partial charge >= 0.3 is 0 Å². The number of amides is 1. The molecule has 2 N–H and O–H groups in total. The van der Waals surface area contributed by atoms with Crippen LogP contribution in [0.1, 0.15) is 41.6 Å². The van der Waals surface area contributed by atoms with Crippen LogP contribution in [0.15, 0.2) is 59.6 Å². The average molecular weight is 587 g/mol. The molecule has 0 unspecified atom stereocenters.